The predicted octanol–water partition coefficient (Wildman–Crippen LogP) is 3.17. The van der Waals surface area contributed by atoms with Crippen molar-refractivity contribution in [1.82, 2.24) is 15.2 Å². The smallest absolute Gasteiger partial charge is 0.317 e. The fraction of sp³-hybridized carbons (Fsp3) is 0.423. The second kappa shape index (κ2) is 11.8. The van der Waals surface area contributed by atoms with Crippen LogP contribution in [0, 0.1) is 0 Å². The van der Waals surface area contributed by atoms with Gasteiger partial charge in [0.15, 0.2) is 11.5 Å². The van der Waals surface area contributed by atoms with Crippen LogP contribution >= 0.6 is 0 Å². The Balaban J connectivity index is 1.60. The Labute approximate surface area is 210 Å². The quantitative estimate of drug-likeness (QED) is 0.542. The minimum atomic E-state index is -0.355. The molecule has 10 heteroatoms. The number of hydrogen-bond donors (Lipinski definition) is 1. The Morgan fingerprint density at radius 2 is 1.92 bits per heavy atom. The van der Waals surface area contributed by atoms with Crippen molar-refractivity contribution >= 4 is 17.6 Å². The van der Waals surface area contributed by atoms with Crippen LogP contribution in [-0.4, -0.2) is 74.8 Å². The predicted molar refractivity (Wildman–Crippen MR) is 133 cm³/mol. The van der Waals surface area contributed by atoms with Crippen molar-refractivity contribution in [1.29, 1.82) is 0 Å². The van der Waals surface area contributed by atoms with E-state index in [4.69, 9.17) is 24.0 Å². The van der Waals surface area contributed by atoms with Gasteiger partial charge < -0.3 is 29.2 Å². The zero-order chi connectivity index (χ0) is 25.5. The maximum Gasteiger partial charge on any atom is 0.317 e. The molecule has 0 radical (unpaired) electrons. The van der Waals surface area contributed by atoms with Crippen LogP contribution in [0.5, 0.6) is 17.2 Å². The number of urea groups is 1. The molecule has 1 N–H and O–H groups in total. The number of carbonyl (C=O) groups is 2. The van der Waals surface area contributed by atoms with Crippen molar-refractivity contribution in [3.63, 3.8) is 0 Å². The van der Waals surface area contributed by atoms with E-state index in [1.165, 1.54) is 9.91 Å². The van der Waals surface area contributed by atoms with Gasteiger partial charge in [-0.15, -0.1) is 0 Å². The van der Waals surface area contributed by atoms with Crippen LogP contribution in [0.1, 0.15) is 36.9 Å². The number of fused-ring (bicyclic) bond motifs is 1. The fourth-order valence-corrected chi connectivity index (χ4v) is 4.11. The summed E-state index contributed by atoms with van der Waals surface area (Å²) in [7, 11) is 3.18. The number of rotatable bonds is 10. The van der Waals surface area contributed by atoms with E-state index in [1.54, 1.807) is 14.2 Å². The van der Waals surface area contributed by atoms with Crippen LogP contribution in [0.2, 0.25) is 0 Å². The van der Waals surface area contributed by atoms with Gasteiger partial charge in [0, 0.05) is 26.6 Å². The minimum absolute atomic E-state index is 0.126. The minimum Gasteiger partial charge on any atom is -0.497 e. The first kappa shape index (κ1) is 25.3. The van der Waals surface area contributed by atoms with E-state index in [-0.39, 0.29) is 37.9 Å². The molecule has 2 heterocycles. The molecule has 0 saturated heterocycles. The van der Waals surface area contributed by atoms with Gasteiger partial charge in [0.1, 0.15) is 12.3 Å². The highest BCUT2D eigenvalue weighted by Crippen LogP contribution is 2.39. The number of amides is 3. The molecular formula is C26H32N4O6. The molecule has 1 unspecified atom stereocenters. The number of ether oxygens (including phenoxy) is 4. The van der Waals surface area contributed by atoms with Gasteiger partial charge in [0.2, 0.25) is 6.79 Å². The van der Waals surface area contributed by atoms with Crippen LogP contribution in [0.15, 0.2) is 47.6 Å². The molecule has 2 aromatic carbocycles. The maximum absolute atomic E-state index is 13.6. The first-order chi connectivity index (χ1) is 17.5. The topological polar surface area (TPSA) is 102 Å². The summed E-state index contributed by atoms with van der Waals surface area (Å²) in [5.41, 5.74) is 2.54. The SMILES string of the molecule is CCCNC(=O)N(CCOC)CC(=O)N1N=C(c2ccc(OC)cc2)CC1c1ccc2c(c1)OCO2. The summed E-state index contributed by atoms with van der Waals surface area (Å²) in [6.07, 6.45) is 1.31. The molecule has 0 spiro atoms. The maximum atomic E-state index is 13.6. The van der Waals surface area contributed by atoms with Crippen molar-refractivity contribution in [2.24, 2.45) is 5.10 Å². The highest BCUT2D eigenvalue weighted by molar-refractivity contribution is 6.03. The number of hydrogen-bond acceptors (Lipinski definition) is 7. The van der Waals surface area contributed by atoms with E-state index in [9.17, 15) is 9.59 Å². The molecule has 36 heavy (non-hydrogen) atoms. The van der Waals surface area contributed by atoms with Gasteiger partial charge in [-0.25, -0.2) is 9.80 Å². The Kier molecular flexibility index (Phi) is 8.27. The Bertz CT molecular complexity index is 1100. The van der Waals surface area contributed by atoms with Crippen LogP contribution in [0.3, 0.4) is 0 Å². The summed E-state index contributed by atoms with van der Waals surface area (Å²) in [5, 5.41) is 9.03. The van der Waals surface area contributed by atoms with Gasteiger partial charge in [-0.1, -0.05) is 13.0 Å². The molecule has 2 aliphatic heterocycles. The van der Waals surface area contributed by atoms with Crippen molar-refractivity contribution in [3.05, 3.63) is 53.6 Å². The number of nitrogens with zero attached hydrogens (tertiary/aromatic N) is 3. The Morgan fingerprint density at radius 1 is 1.14 bits per heavy atom. The summed E-state index contributed by atoms with van der Waals surface area (Å²) in [6, 6.07) is 12.6. The lowest BCUT2D eigenvalue weighted by molar-refractivity contribution is -0.133. The molecule has 1 atom stereocenters. The Hall–Kier alpha value is -3.79. The van der Waals surface area contributed by atoms with Gasteiger partial charge in [-0.3, -0.25) is 4.79 Å². The summed E-state index contributed by atoms with van der Waals surface area (Å²) in [5.74, 6) is 1.76. The zero-order valence-electron chi connectivity index (χ0n) is 20.9. The zero-order valence-corrected chi connectivity index (χ0v) is 20.9. The van der Waals surface area contributed by atoms with Crippen LogP contribution in [-0.2, 0) is 9.53 Å². The van der Waals surface area contributed by atoms with E-state index < -0.39 is 0 Å². The summed E-state index contributed by atoms with van der Waals surface area (Å²) >= 11 is 0. The standard InChI is InChI=1S/C26H32N4O6/c1-4-11-27-26(32)29(12-13-33-2)16-25(31)30-22(19-7-10-23-24(14-19)36-17-35-23)15-21(28-30)18-5-8-20(34-3)9-6-18/h5-10,14,22H,4,11-13,15-17H2,1-3H3,(H,27,32). The van der Waals surface area contributed by atoms with Crippen LogP contribution in [0.4, 0.5) is 4.79 Å². The average Bonchev–Trinajstić information content (AvgIpc) is 3.56. The van der Waals surface area contributed by atoms with E-state index in [0.717, 1.165) is 29.0 Å². The highest BCUT2D eigenvalue weighted by atomic mass is 16.7. The third-order valence-electron chi connectivity index (χ3n) is 6.08. The molecule has 0 fully saturated rings. The number of nitrogens with one attached hydrogen (secondary N) is 1. The molecule has 3 amide bonds. The van der Waals surface area contributed by atoms with E-state index in [0.29, 0.717) is 31.1 Å². The molecule has 4 rings (SSSR count). The number of benzene rings is 2. The molecule has 10 nitrogen and oxygen atoms in total. The van der Waals surface area contributed by atoms with Gasteiger partial charge >= 0.3 is 6.03 Å². The first-order valence-corrected chi connectivity index (χ1v) is 12.0. The van der Waals surface area contributed by atoms with Crippen molar-refractivity contribution in [3.8, 4) is 17.2 Å². The van der Waals surface area contributed by atoms with E-state index >= 15 is 0 Å². The lowest BCUT2D eigenvalue weighted by atomic mass is 9.98. The van der Waals surface area contributed by atoms with Crippen LogP contribution in [0.25, 0.3) is 0 Å². The molecular weight excluding hydrogens is 464 g/mol. The van der Waals surface area contributed by atoms with E-state index in [1.807, 2.05) is 49.4 Å². The number of carbonyl (C=O) groups excluding carboxylic acids is 2. The first-order valence-electron chi connectivity index (χ1n) is 12.0. The number of hydrazone groups is 1. The molecule has 0 aliphatic carbocycles. The third-order valence-corrected chi connectivity index (χ3v) is 6.08. The lowest BCUT2D eigenvalue weighted by Gasteiger charge is -2.27. The van der Waals surface area contributed by atoms with Crippen molar-refractivity contribution in [2.45, 2.75) is 25.8 Å². The van der Waals surface area contributed by atoms with Gasteiger partial charge in [0.25, 0.3) is 5.91 Å². The second-order valence-corrected chi connectivity index (χ2v) is 8.49. The second-order valence-electron chi connectivity index (χ2n) is 8.49. The largest absolute Gasteiger partial charge is 0.497 e. The fourth-order valence-electron chi connectivity index (χ4n) is 4.11. The van der Waals surface area contributed by atoms with Crippen molar-refractivity contribution in [2.75, 3.05) is 47.3 Å². The summed E-state index contributed by atoms with van der Waals surface area (Å²) < 4.78 is 21.4. The number of methoxy groups -OCH3 is 2. The van der Waals surface area contributed by atoms with Crippen LogP contribution < -0.4 is 19.5 Å². The van der Waals surface area contributed by atoms with Gasteiger partial charge in [-0.05, 0) is 53.9 Å². The molecule has 2 aromatic rings. The third kappa shape index (κ3) is 5.71. The molecule has 0 aromatic heterocycles. The summed E-state index contributed by atoms with van der Waals surface area (Å²) in [4.78, 5) is 27.7. The highest BCUT2D eigenvalue weighted by Gasteiger charge is 2.35. The molecule has 0 saturated carbocycles. The monoisotopic (exact) mass is 496 g/mol. The van der Waals surface area contributed by atoms with E-state index in [2.05, 4.69) is 5.32 Å². The average molecular weight is 497 g/mol. The normalized spacial score (nSPS) is 16.0. The molecule has 0 bridgehead atoms. The lowest BCUT2D eigenvalue weighted by Crippen LogP contribution is -2.47. The van der Waals surface area contributed by atoms with Gasteiger partial charge in [0.05, 0.1) is 25.5 Å². The Morgan fingerprint density at radius 3 is 2.64 bits per heavy atom. The molecule has 192 valence electrons. The van der Waals surface area contributed by atoms with Crippen molar-refractivity contribution < 1.29 is 28.5 Å². The molecule has 2 aliphatic rings. The summed E-state index contributed by atoms with van der Waals surface area (Å²) in [6.45, 7) is 3.15. The van der Waals surface area contributed by atoms with Gasteiger partial charge in [-0.2, -0.15) is 5.10 Å².